The summed E-state index contributed by atoms with van der Waals surface area (Å²) in [6, 6.07) is 20.5. The van der Waals surface area contributed by atoms with Crippen molar-refractivity contribution in [1.29, 1.82) is 0 Å². The molecular formula is C27H37N5O2. The van der Waals surface area contributed by atoms with Crippen molar-refractivity contribution in [1.82, 2.24) is 25.3 Å². The monoisotopic (exact) mass is 463 g/mol. The maximum Gasteiger partial charge on any atom is 0.317 e. The Kier molecular flexibility index (Phi) is 8.93. The minimum Gasteiger partial charge on any atom is -0.351 e. The number of likely N-dealkylation sites (tertiary alicyclic amines) is 1. The Bertz CT molecular complexity index is 900. The van der Waals surface area contributed by atoms with Crippen LogP contribution in [0.1, 0.15) is 24.0 Å². The highest BCUT2D eigenvalue weighted by Crippen LogP contribution is 2.18. The van der Waals surface area contributed by atoms with Gasteiger partial charge in [0.1, 0.15) is 0 Å². The molecule has 3 amide bonds. The summed E-state index contributed by atoms with van der Waals surface area (Å²) < 4.78 is 0. The van der Waals surface area contributed by atoms with E-state index in [-0.39, 0.29) is 11.9 Å². The summed E-state index contributed by atoms with van der Waals surface area (Å²) in [5.74, 6) is 0.523. The predicted molar refractivity (Wildman–Crippen MR) is 134 cm³/mol. The van der Waals surface area contributed by atoms with Crippen LogP contribution in [0.3, 0.4) is 0 Å². The molecule has 0 aromatic heterocycles. The van der Waals surface area contributed by atoms with Gasteiger partial charge in [-0.15, -0.1) is 0 Å². The fourth-order valence-electron chi connectivity index (χ4n) is 4.81. The first kappa shape index (κ1) is 24.2. The van der Waals surface area contributed by atoms with Crippen LogP contribution in [-0.4, -0.2) is 79.0 Å². The highest BCUT2D eigenvalue weighted by Gasteiger charge is 2.24. The number of hydrogen-bond acceptors (Lipinski definition) is 4. The number of nitrogens with zero attached hydrogens (tertiary/aromatic N) is 3. The van der Waals surface area contributed by atoms with Crippen LogP contribution in [0, 0.1) is 5.92 Å². The second-order valence-electron chi connectivity index (χ2n) is 9.44. The molecule has 34 heavy (non-hydrogen) atoms. The van der Waals surface area contributed by atoms with Gasteiger partial charge in [0.15, 0.2) is 0 Å². The van der Waals surface area contributed by atoms with Gasteiger partial charge >= 0.3 is 6.03 Å². The van der Waals surface area contributed by atoms with Crippen LogP contribution >= 0.6 is 0 Å². The lowest BCUT2D eigenvalue weighted by Crippen LogP contribution is -2.54. The van der Waals surface area contributed by atoms with E-state index in [1.807, 2.05) is 35.2 Å². The van der Waals surface area contributed by atoms with Gasteiger partial charge in [0.25, 0.3) is 0 Å². The minimum atomic E-state index is 0.0216. The maximum atomic E-state index is 12.7. The second kappa shape index (κ2) is 12.5. The smallest absolute Gasteiger partial charge is 0.317 e. The Labute approximate surface area is 203 Å². The first-order valence-corrected chi connectivity index (χ1v) is 12.5. The Hall–Kier alpha value is -2.90. The molecule has 4 rings (SSSR count). The lowest BCUT2D eigenvalue weighted by atomic mass is 9.97. The van der Waals surface area contributed by atoms with Crippen molar-refractivity contribution in [3.8, 4) is 0 Å². The van der Waals surface area contributed by atoms with Crippen molar-refractivity contribution in [3.63, 3.8) is 0 Å². The van der Waals surface area contributed by atoms with E-state index in [0.717, 1.165) is 51.3 Å². The number of benzene rings is 2. The summed E-state index contributed by atoms with van der Waals surface area (Å²) in [5, 5.41) is 6.14. The second-order valence-corrected chi connectivity index (χ2v) is 9.44. The normalized spacial score (nSPS) is 19.5. The lowest BCUT2D eigenvalue weighted by molar-refractivity contribution is -0.122. The molecule has 2 fully saturated rings. The van der Waals surface area contributed by atoms with Gasteiger partial charge in [-0.3, -0.25) is 14.6 Å². The van der Waals surface area contributed by atoms with Crippen LogP contribution in [0.5, 0.6) is 0 Å². The van der Waals surface area contributed by atoms with Crippen molar-refractivity contribution in [2.24, 2.45) is 5.92 Å². The molecule has 0 aliphatic carbocycles. The highest BCUT2D eigenvalue weighted by atomic mass is 16.2. The SMILES string of the molecule is O=C(CN1CCN(C(=O)NCC2CCCN(Cc3ccccc3)C2)CC1)NCc1ccccc1. The third-order valence-electron chi connectivity index (χ3n) is 6.75. The van der Waals surface area contributed by atoms with Crippen LogP contribution in [0.15, 0.2) is 60.7 Å². The summed E-state index contributed by atoms with van der Waals surface area (Å²) in [6.45, 7) is 7.54. The van der Waals surface area contributed by atoms with Crippen molar-refractivity contribution in [2.75, 3.05) is 52.4 Å². The van der Waals surface area contributed by atoms with Crippen molar-refractivity contribution in [2.45, 2.75) is 25.9 Å². The summed E-state index contributed by atoms with van der Waals surface area (Å²) >= 11 is 0. The molecule has 2 heterocycles. The molecule has 0 radical (unpaired) electrons. The minimum absolute atomic E-state index is 0.0216. The van der Waals surface area contributed by atoms with E-state index < -0.39 is 0 Å². The fourth-order valence-corrected chi connectivity index (χ4v) is 4.81. The lowest BCUT2D eigenvalue weighted by Gasteiger charge is -2.36. The summed E-state index contributed by atoms with van der Waals surface area (Å²) in [5.41, 5.74) is 2.44. The Balaban J connectivity index is 1.12. The third-order valence-corrected chi connectivity index (χ3v) is 6.75. The number of nitrogens with one attached hydrogen (secondary N) is 2. The van der Waals surface area contributed by atoms with Gasteiger partial charge in [0.2, 0.25) is 5.91 Å². The van der Waals surface area contributed by atoms with E-state index >= 15 is 0 Å². The molecule has 0 bridgehead atoms. The van der Waals surface area contributed by atoms with E-state index in [1.54, 1.807) is 0 Å². The molecule has 2 aliphatic heterocycles. The molecule has 0 spiro atoms. The first-order chi connectivity index (χ1) is 16.7. The summed E-state index contributed by atoms with van der Waals surface area (Å²) in [6.07, 6.45) is 2.34. The number of amides is 3. The fraction of sp³-hybridized carbons (Fsp3) is 0.481. The number of carbonyl (C=O) groups is 2. The standard InChI is InChI=1S/C27H37N5O2/c33-26(28-18-23-8-3-1-4-9-23)22-30-14-16-32(17-15-30)27(34)29-19-25-12-7-13-31(21-25)20-24-10-5-2-6-11-24/h1-6,8-11,25H,7,12-22H2,(H,28,33)(H,29,34). The molecule has 7 nitrogen and oxygen atoms in total. The quantitative estimate of drug-likeness (QED) is 0.631. The van der Waals surface area contributed by atoms with Crippen LogP contribution in [0.25, 0.3) is 0 Å². The largest absolute Gasteiger partial charge is 0.351 e. The predicted octanol–water partition coefficient (Wildman–Crippen LogP) is 2.54. The zero-order chi connectivity index (χ0) is 23.6. The molecule has 2 aliphatic rings. The molecule has 0 saturated carbocycles. The van der Waals surface area contributed by atoms with Crippen LogP contribution < -0.4 is 10.6 Å². The van der Waals surface area contributed by atoms with E-state index in [2.05, 4.69) is 50.8 Å². The van der Waals surface area contributed by atoms with Crippen molar-refractivity contribution in [3.05, 3.63) is 71.8 Å². The van der Waals surface area contributed by atoms with E-state index in [1.165, 1.54) is 12.0 Å². The zero-order valence-corrected chi connectivity index (χ0v) is 20.0. The number of piperazine rings is 1. The van der Waals surface area contributed by atoms with Gasteiger partial charge in [-0.25, -0.2) is 4.79 Å². The molecular weight excluding hydrogens is 426 g/mol. The van der Waals surface area contributed by atoms with Gasteiger partial charge in [0.05, 0.1) is 6.54 Å². The molecule has 2 aromatic carbocycles. The number of urea groups is 1. The zero-order valence-electron chi connectivity index (χ0n) is 20.0. The van der Waals surface area contributed by atoms with Crippen LogP contribution in [0.2, 0.25) is 0 Å². The highest BCUT2D eigenvalue weighted by molar-refractivity contribution is 5.78. The summed E-state index contributed by atoms with van der Waals surface area (Å²) in [4.78, 5) is 31.5. The molecule has 2 aromatic rings. The summed E-state index contributed by atoms with van der Waals surface area (Å²) in [7, 11) is 0. The van der Waals surface area contributed by atoms with E-state index in [9.17, 15) is 9.59 Å². The Morgan fingerprint density at radius 1 is 0.794 bits per heavy atom. The van der Waals surface area contributed by atoms with Crippen LogP contribution in [0.4, 0.5) is 4.79 Å². The third kappa shape index (κ3) is 7.57. The van der Waals surface area contributed by atoms with Crippen molar-refractivity contribution < 1.29 is 9.59 Å². The Morgan fingerprint density at radius 3 is 2.18 bits per heavy atom. The molecule has 2 saturated heterocycles. The Morgan fingerprint density at radius 2 is 1.47 bits per heavy atom. The molecule has 1 atom stereocenters. The van der Waals surface area contributed by atoms with Crippen molar-refractivity contribution >= 4 is 11.9 Å². The average Bonchev–Trinajstić information content (AvgIpc) is 2.88. The van der Waals surface area contributed by atoms with Gasteiger partial charge < -0.3 is 15.5 Å². The van der Waals surface area contributed by atoms with E-state index in [4.69, 9.17) is 0 Å². The van der Waals surface area contributed by atoms with Crippen LogP contribution in [-0.2, 0) is 17.9 Å². The number of piperidine rings is 1. The number of hydrogen-bond donors (Lipinski definition) is 2. The van der Waals surface area contributed by atoms with Gasteiger partial charge in [-0.1, -0.05) is 60.7 Å². The average molecular weight is 464 g/mol. The topological polar surface area (TPSA) is 67.9 Å². The van der Waals surface area contributed by atoms with Gasteiger partial charge in [0, 0.05) is 52.4 Å². The van der Waals surface area contributed by atoms with Gasteiger partial charge in [-0.2, -0.15) is 0 Å². The number of carbonyl (C=O) groups excluding carboxylic acids is 2. The maximum absolute atomic E-state index is 12.7. The van der Waals surface area contributed by atoms with E-state index in [0.29, 0.717) is 32.1 Å². The molecule has 182 valence electrons. The number of rotatable bonds is 8. The molecule has 2 N–H and O–H groups in total. The van der Waals surface area contributed by atoms with Gasteiger partial charge in [-0.05, 0) is 36.4 Å². The molecule has 7 heteroatoms. The molecule has 1 unspecified atom stereocenters. The first-order valence-electron chi connectivity index (χ1n) is 12.5.